The second-order valence-corrected chi connectivity index (χ2v) is 12.1. The van der Waals surface area contributed by atoms with E-state index in [0.29, 0.717) is 41.6 Å². The first-order valence-electron chi connectivity index (χ1n) is 14.7. The first kappa shape index (κ1) is 30.5. The van der Waals surface area contributed by atoms with Gasteiger partial charge in [0.05, 0.1) is 23.3 Å². The number of pyridine rings is 1. The number of nitrogens with zero attached hydrogens (tertiary/aromatic N) is 3. The van der Waals surface area contributed by atoms with E-state index in [1.54, 1.807) is 6.20 Å². The Kier molecular flexibility index (Phi) is 10.2. The van der Waals surface area contributed by atoms with Gasteiger partial charge in [-0.05, 0) is 62.9 Å². The third-order valence-corrected chi connectivity index (χ3v) is 9.07. The molecule has 0 saturated carbocycles. The van der Waals surface area contributed by atoms with Crippen molar-refractivity contribution in [3.8, 4) is 22.8 Å². The van der Waals surface area contributed by atoms with Gasteiger partial charge in [0.25, 0.3) is 5.89 Å². The zero-order chi connectivity index (χ0) is 30.2. The minimum atomic E-state index is -0.497. The third kappa shape index (κ3) is 8.31. The molecule has 0 unspecified atom stereocenters. The van der Waals surface area contributed by atoms with E-state index in [-0.39, 0.29) is 47.9 Å². The van der Waals surface area contributed by atoms with Gasteiger partial charge < -0.3 is 25.8 Å². The van der Waals surface area contributed by atoms with Crippen LogP contribution >= 0.6 is 11.8 Å². The molecule has 3 atom stereocenters. The van der Waals surface area contributed by atoms with Crippen LogP contribution in [0.5, 0.6) is 0 Å². The van der Waals surface area contributed by atoms with E-state index in [1.165, 1.54) is 18.2 Å². The molecule has 0 aliphatic carbocycles. The highest BCUT2D eigenvalue weighted by Crippen LogP contribution is 2.33. The van der Waals surface area contributed by atoms with Gasteiger partial charge in [-0.1, -0.05) is 18.0 Å². The molecule has 1 aromatic carbocycles. The summed E-state index contributed by atoms with van der Waals surface area (Å²) >= 11 is 1.89. The smallest absolute Gasteiger partial charge is 0.315 e. The van der Waals surface area contributed by atoms with Crippen LogP contribution in [-0.4, -0.2) is 62.6 Å². The maximum atomic E-state index is 14.0. The number of unbranched alkanes of at least 4 members (excludes halogenated alkanes) is 3. The van der Waals surface area contributed by atoms with Crippen molar-refractivity contribution in [2.24, 2.45) is 0 Å². The lowest BCUT2D eigenvalue weighted by molar-refractivity contribution is -0.121. The fourth-order valence-electron chi connectivity index (χ4n) is 5.25. The molecule has 11 nitrogen and oxygen atoms in total. The Bertz CT molecular complexity index is 1430. The van der Waals surface area contributed by atoms with Gasteiger partial charge in [0.1, 0.15) is 5.82 Å². The fraction of sp³-hybridized carbons (Fsp3) is 0.467. The summed E-state index contributed by atoms with van der Waals surface area (Å²) < 4.78 is 19.4. The first-order valence-corrected chi connectivity index (χ1v) is 15.7. The van der Waals surface area contributed by atoms with Gasteiger partial charge in [-0.3, -0.25) is 14.6 Å². The Morgan fingerprint density at radius 1 is 1.07 bits per heavy atom. The molecule has 0 bridgehead atoms. The number of carbonyl (C=O) groups is 3. The maximum Gasteiger partial charge on any atom is 0.315 e. The van der Waals surface area contributed by atoms with Gasteiger partial charge in [-0.25, -0.2) is 9.18 Å². The van der Waals surface area contributed by atoms with Crippen molar-refractivity contribution in [2.75, 3.05) is 17.6 Å². The summed E-state index contributed by atoms with van der Waals surface area (Å²) in [7, 11) is 0. The number of carbonyl (C=O) groups excluding carboxylic acids is 3. The maximum absolute atomic E-state index is 14.0. The van der Waals surface area contributed by atoms with Crippen LogP contribution in [0.1, 0.15) is 57.1 Å². The van der Waals surface area contributed by atoms with Gasteiger partial charge in [0.2, 0.25) is 17.6 Å². The Morgan fingerprint density at radius 3 is 2.74 bits per heavy atom. The second kappa shape index (κ2) is 14.5. The van der Waals surface area contributed by atoms with Crippen LogP contribution in [0.25, 0.3) is 22.8 Å². The molecule has 228 valence electrons. The van der Waals surface area contributed by atoms with Crippen molar-refractivity contribution in [3.05, 3.63) is 48.0 Å². The number of hydrogen-bond donors (Lipinski definition) is 4. The first-order chi connectivity index (χ1) is 20.9. The van der Waals surface area contributed by atoms with E-state index >= 15 is 0 Å². The number of rotatable bonds is 14. The number of amides is 4. The van der Waals surface area contributed by atoms with Crippen molar-refractivity contribution in [3.63, 3.8) is 0 Å². The number of hydrogen-bond acceptors (Lipinski definition) is 8. The molecule has 4 N–H and O–H groups in total. The third-order valence-electron chi connectivity index (χ3n) is 7.57. The molecule has 2 aliphatic heterocycles. The average Bonchev–Trinajstić information content (AvgIpc) is 3.70. The zero-order valence-corrected chi connectivity index (χ0v) is 24.8. The highest BCUT2D eigenvalue weighted by Gasteiger charge is 2.42. The SMILES string of the molecule is Cc1ccc(-c2noc(-c3ccc(F)cc3NC(=O)CCCCCNC(=O)CCCC[C@@H]3SC[C@@H]4NC(=O)N[C@@H]43)n2)cn1. The summed E-state index contributed by atoms with van der Waals surface area (Å²) in [5.41, 5.74) is 2.22. The van der Waals surface area contributed by atoms with Crippen LogP contribution in [0, 0.1) is 12.7 Å². The fourth-order valence-corrected chi connectivity index (χ4v) is 6.79. The summed E-state index contributed by atoms with van der Waals surface area (Å²) in [6.45, 7) is 2.44. The number of anilines is 1. The van der Waals surface area contributed by atoms with Crippen LogP contribution in [0.3, 0.4) is 0 Å². The molecule has 4 amide bonds. The standard InChI is InChI=1S/C30H36FN7O4S/c1-18-10-11-19(16-33-18)28-37-29(42-38-28)21-13-12-20(31)15-22(21)34-26(40)9-3-2-6-14-32-25(39)8-5-4-7-24-27-23(17-43-24)35-30(41)36-27/h10-13,15-16,23-24,27H,2-9,14,17H2,1H3,(H,32,39)(H,34,40)(H2,35,36,41)/t23-,24-,27-/m0/s1. The van der Waals surface area contributed by atoms with Gasteiger partial charge in [0, 0.05) is 47.8 Å². The molecule has 4 heterocycles. The van der Waals surface area contributed by atoms with Crippen LogP contribution in [-0.2, 0) is 9.59 Å². The molecule has 5 rings (SSSR count). The van der Waals surface area contributed by atoms with E-state index in [9.17, 15) is 18.8 Å². The lowest BCUT2D eigenvalue weighted by atomic mass is 10.0. The van der Waals surface area contributed by atoms with E-state index in [4.69, 9.17) is 4.52 Å². The molecular formula is C30H36FN7O4S. The van der Waals surface area contributed by atoms with Crippen molar-refractivity contribution < 1.29 is 23.3 Å². The lowest BCUT2D eigenvalue weighted by Gasteiger charge is -2.16. The number of aryl methyl sites for hydroxylation is 1. The van der Waals surface area contributed by atoms with Crippen LogP contribution in [0.2, 0.25) is 0 Å². The summed E-state index contributed by atoms with van der Waals surface area (Å²) in [5.74, 6) is 0.728. The molecule has 2 aliphatic rings. The lowest BCUT2D eigenvalue weighted by Crippen LogP contribution is -2.36. The van der Waals surface area contributed by atoms with Crippen LogP contribution in [0.4, 0.5) is 14.9 Å². The van der Waals surface area contributed by atoms with Crippen molar-refractivity contribution in [1.82, 2.24) is 31.1 Å². The van der Waals surface area contributed by atoms with Gasteiger partial charge in [-0.2, -0.15) is 16.7 Å². The number of fused-ring (bicyclic) bond motifs is 1. The molecule has 0 spiro atoms. The van der Waals surface area contributed by atoms with E-state index in [1.807, 2.05) is 30.8 Å². The van der Waals surface area contributed by atoms with E-state index < -0.39 is 5.82 Å². The number of thioether (sulfide) groups is 1. The second-order valence-electron chi connectivity index (χ2n) is 10.9. The Hall–Kier alpha value is -4.00. The molecule has 2 saturated heterocycles. The number of aromatic nitrogens is 3. The van der Waals surface area contributed by atoms with Crippen molar-refractivity contribution in [1.29, 1.82) is 0 Å². The molecule has 3 aromatic rings. The highest BCUT2D eigenvalue weighted by molar-refractivity contribution is 8.00. The highest BCUT2D eigenvalue weighted by atomic mass is 32.2. The molecule has 43 heavy (non-hydrogen) atoms. The Balaban J connectivity index is 0.975. The van der Waals surface area contributed by atoms with E-state index in [2.05, 4.69) is 36.4 Å². The van der Waals surface area contributed by atoms with Gasteiger partial charge >= 0.3 is 6.03 Å². The molecular weight excluding hydrogens is 573 g/mol. The minimum absolute atomic E-state index is 0.0342. The molecule has 13 heteroatoms. The number of urea groups is 1. The Morgan fingerprint density at radius 2 is 1.91 bits per heavy atom. The quantitative estimate of drug-likeness (QED) is 0.153. The van der Waals surface area contributed by atoms with E-state index in [0.717, 1.165) is 43.6 Å². The normalized spacial score (nSPS) is 19.0. The molecule has 2 aromatic heterocycles. The predicted octanol–water partition coefficient (Wildman–Crippen LogP) is 4.59. The summed E-state index contributed by atoms with van der Waals surface area (Å²) in [6.07, 6.45) is 7.29. The van der Waals surface area contributed by atoms with Crippen LogP contribution < -0.4 is 21.3 Å². The largest absolute Gasteiger partial charge is 0.356 e. The van der Waals surface area contributed by atoms with Gasteiger partial charge in [0.15, 0.2) is 0 Å². The number of benzene rings is 1. The monoisotopic (exact) mass is 609 g/mol. The Labute approximate surface area is 253 Å². The van der Waals surface area contributed by atoms with Crippen molar-refractivity contribution >= 4 is 35.3 Å². The van der Waals surface area contributed by atoms with Crippen molar-refractivity contribution in [2.45, 2.75) is 75.6 Å². The number of halogens is 1. The summed E-state index contributed by atoms with van der Waals surface area (Å²) in [5, 5.41) is 16.1. The zero-order valence-electron chi connectivity index (χ0n) is 24.0. The summed E-state index contributed by atoms with van der Waals surface area (Å²) in [6, 6.07) is 8.02. The van der Waals surface area contributed by atoms with Gasteiger partial charge in [-0.15, -0.1) is 0 Å². The minimum Gasteiger partial charge on any atom is -0.356 e. The topological polar surface area (TPSA) is 151 Å². The van der Waals surface area contributed by atoms with Crippen LogP contribution in [0.15, 0.2) is 41.1 Å². The predicted molar refractivity (Wildman–Crippen MR) is 162 cm³/mol. The molecule has 2 fully saturated rings. The summed E-state index contributed by atoms with van der Waals surface area (Å²) in [4.78, 5) is 44.9. The number of nitrogens with one attached hydrogen (secondary N) is 4. The average molecular weight is 610 g/mol. The molecule has 0 radical (unpaired) electrons.